The average Bonchev–Trinajstić information content (AvgIpc) is 3.42. The van der Waals surface area contributed by atoms with Crippen molar-refractivity contribution in [2.45, 2.75) is 32.7 Å². The number of rotatable bonds is 7. The number of benzene rings is 3. The number of aryl methyl sites for hydroxylation is 1. The standard InChI is InChI=1S/C29H25ClN2O4S/c1-3-4-14-36-21-7-5-6-19(15-21)25-24(26(33)18-10-8-17(2)9-11-18)27(34)28(35)32(25)29-31-22-13-12-20(30)16-23(22)37-29/h5-13,15-16,25,33H,3-4,14H2,1-2H3/b26-24+. The maximum atomic E-state index is 13.5. The first kappa shape index (κ1) is 25.0. The van der Waals surface area contributed by atoms with E-state index in [1.54, 1.807) is 30.3 Å². The minimum atomic E-state index is -0.882. The lowest BCUT2D eigenvalue weighted by Crippen LogP contribution is -2.29. The van der Waals surface area contributed by atoms with E-state index in [1.807, 2.05) is 43.3 Å². The first-order chi connectivity index (χ1) is 17.9. The molecule has 1 N–H and O–H groups in total. The zero-order valence-corrected chi connectivity index (χ0v) is 22.0. The summed E-state index contributed by atoms with van der Waals surface area (Å²) in [5, 5.41) is 12.2. The number of nitrogens with zero attached hydrogens (tertiary/aromatic N) is 2. The normalized spacial score (nSPS) is 17.1. The smallest absolute Gasteiger partial charge is 0.301 e. The Morgan fingerprint density at radius 2 is 1.89 bits per heavy atom. The summed E-state index contributed by atoms with van der Waals surface area (Å²) in [5.74, 6) is -1.12. The molecule has 6 nitrogen and oxygen atoms in total. The van der Waals surface area contributed by atoms with E-state index < -0.39 is 17.7 Å². The molecular formula is C29H25ClN2O4S. The fourth-order valence-corrected chi connectivity index (χ4v) is 5.58. The molecule has 1 aromatic heterocycles. The molecule has 0 saturated carbocycles. The maximum absolute atomic E-state index is 13.5. The fourth-order valence-electron chi connectivity index (χ4n) is 4.31. The van der Waals surface area contributed by atoms with Gasteiger partial charge in [-0.3, -0.25) is 14.5 Å². The van der Waals surface area contributed by atoms with Crippen LogP contribution in [0.5, 0.6) is 5.75 Å². The van der Waals surface area contributed by atoms with Crippen molar-refractivity contribution in [2.24, 2.45) is 0 Å². The second kappa shape index (κ2) is 10.4. The van der Waals surface area contributed by atoms with Crippen LogP contribution in [0.25, 0.3) is 16.0 Å². The van der Waals surface area contributed by atoms with Crippen LogP contribution < -0.4 is 9.64 Å². The number of aromatic nitrogens is 1. The second-order valence-electron chi connectivity index (χ2n) is 8.92. The summed E-state index contributed by atoms with van der Waals surface area (Å²) in [6.45, 7) is 4.58. The lowest BCUT2D eigenvalue weighted by atomic mass is 9.95. The number of amides is 1. The van der Waals surface area contributed by atoms with Crippen LogP contribution in [-0.2, 0) is 9.59 Å². The van der Waals surface area contributed by atoms with E-state index in [-0.39, 0.29) is 11.3 Å². The van der Waals surface area contributed by atoms with Crippen molar-refractivity contribution in [3.05, 3.63) is 94.0 Å². The van der Waals surface area contributed by atoms with Crippen LogP contribution in [0.4, 0.5) is 5.13 Å². The third kappa shape index (κ3) is 4.84. The lowest BCUT2D eigenvalue weighted by molar-refractivity contribution is -0.132. The summed E-state index contributed by atoms with van der Waals surface area (Å²) >= 11 is 7.43. The van der Waals surface area contributed by atoms with Gasteiger partial charge in [0.15, 0.2) is 5.13 Å². The van der Waals surface area contributed by atoms with Gasteiger partial charge in [0.05, 0.1) is 28.4 Å². The van der Waals surface area contributed by atoms with Gasteiger partial charge in [-0.2, -0.15) is 0 Å². The van der Waals surface area contributed by atoms with E-state index in [4.69, 9.17) is 16.3 Å². The molecule has 1 atom stereocenters. The van der Waals surface area contributed by atoms with E-state index in [0.717, 1.165) is 23.1 Å². The van der Waals surface area contributed by atoms with Gasteiger partial charge < -0.3 is 9.84 Å². The number of Topliss-reactive ketones (excluding diaryl/α,β-unsaturated/α-hetero) is 1. The number of hydrogen-bond acceptors (Lipinski definition) is 6. The zero-order valence-electron chi connectivity index (χ0n) is 20.4. The Balaban J connectivity index is 1.67. The second-order valence-corrected chi connectivity index (χ2v) is 10.4. The molecule has 5 rings (SSSR count). The van der Waals surface area contributed by atoms with Crippen molar-refractivity contribution in [3.63, 3.8) is 0 Å². The number of aliphatic hydroxyl groups is 1. The Morgan fingerprint density at radius 3 is 2.65 bits per heavy atom. The molecule has 1 fully saturated rings. The molecule has 1 saturated heterocycles. The number of anilines is 1. The van der Waals surface area contributed by atoms with E-state index in [9.17, 15) is 14.7 Å². The van der Waals surface area contributed by atoms with Gasteiger partial charge in [-0.1, -0.05) is 78.2 Å². The number of unbranched alkanes of at least 4 members (excludes halogenated alkanes) is 1. The first-order valence-corrected chi connectivity index (χ1v) is 13.2. The number of carbonyl (C=O) groups is 2. The molecule has 0 bridgehead atoms. The Bertz CT molecular complexity index is 1530. The number of hydrogen-bond donors (Lipinski definition) is 1. The van der Waals surface area contributed by atoms with Gasteiger partial charge >= 0.3 is 5.91 Å². The van der Waals surface area contributed by atoms with Crippen LogP contribution in [0.15, 0.2) is 72.3 Å². The van der Waals surface area contributed by atoms with Crippen LogP contribution >= 0.6 is 22.9 Å². The molecule has 3 aromatic carbocycles. The monoisotopic (exact) mass is 532 g/mol. The van der Waals surface area contributed by atoms with Crippen LogP contribution in [0.3, 0.4) is 0 Å². The Hall–Kier alpha value is -3.68. The number of fused-ring (bicyclic) bond motifs is 1. The maximum Gasteiger partial charge on any atom is 0.301 e. The fraction of sp³-hybridized carbons (Fsp3) is 0.207. The Labute approximate surface area is 223 Å². The molecule has 1 aliphatic heterocycles. The van der Waals surface area contributed by atoms with Crippen molar-refractivity contribution in [3.8, 4) is 5.75 Å². The molecule has 4 aromatic rings. The summed E-state index contributed by atoms with van der Waals surface area (Å²) in [7, 11) is 0. The van der Waals surface area contributed by atoms with Gasteiger partial charge in [0.25, 0.3) is 5.78 Å². The Kier molecular flexibility index (Phi) is 7.00. The molecule has 1 unspecified atom stereocenters. The predicted molar refractivity (Wildman–Crippen MR) is 147 cm³/mol. The summed E-state index contributed by atoms with van der Waals surface area (Å²) < 4.78 is 6.69. The summed E-state index contributed by atoms with van der Waals surface area (Å²) in [5.41, 5.74) is 2.79. The number of halogens is 1. The van der Waals surface area contributed by atoms with Gasteiger partial charge in [-0.25, -0.2) is 4.98 Å². The molecule has 37 heavy (non-hydrogen) atoms. The number of aliphatic hydroxyl groups excluding tert-OH is 1. The minimum absolute atomic E-state index is 0.0110. The quantitative estimate of drug-likeness (QED) is 0.119. The highest BCUT2D eigenvalue weighted by molar-refractivity contribution is 7.22. The van der Waals surface area contributed by atoms with Gasteiger partial charge in [0.2, 0.25) is 0 Å². The van der Waals surface area contributed by atoms with Gasteiger partial charge in [-0.05, 0) is 49.2 Å². The topological polar surface area (TPSA) is 79.7 Å². The van der Waals surface area contributed by atoms with E-state index in [2.05, 4.69) is 11.9 Å². The lowest BCUT2D eigenvalue weighted by Gasteiger charge is -2.23. The highest BCUT2D eigenvalue weighted by atomic mass is 35.5. The van der Waals surface area contributed by atoms with Crippen molar-refractivity contribution in [1.29, 1.82) is 0 Å². The van der Waals surface area contributed by atoms with Crippen molar-refractivity contribution in [2.75, 3.05) is 11.5 Å². The molecule has 2 heterocycles. The molecule has 1 amide bonds. The molecule has 1 aliphatic rings. The zero-order chi connectivity index (χ0) is 26.1. The molecule has 0 radical (unpaired) electrons. The van der Waals surface area contributed by atoms with E-state index in [0.29, 0.717) is 39.2 Å². The summed E-state index contributed by atoms with van der Waals surface area (Å²) in [6, 6.07) is 18.9. The number of thiazole rings is 1. The van der Waals surface area contributed by atoms with E-state index in [1.165, 1.54) is 16.2 Å². The third-order valence-electron chi connectivity index (χ3n) is 6.26. The van der Waals surface area contributed by atoms with E-state index >= 15 is 0 Å². The van der Waals surface area contributed by atoms with Crippen molar-refractivity contribution in [1.82, 2.24) is 4.98 Å². The molecular weight excluding hydrogens is 508 g/mol. The molecule has 8 heteroatoms. The van der Waals surface area contributed by atoms with Crippen LogP contribution in [-0.4, -0.2) is 28.4 Å². The highest BCUT2D eigenvalue weighted by Crippen LogP contribution is 2.45. The van der Waals surface area contributed by atoms with Gasteiger partial charge in [0.1, 0.15) is 11.5 Å². The van der Waals surface area contributed by atoms with Gasteiger partial charge in [-0.15, -0.1) is 0 Å². The minimum Gasteiger partial charge on any atom is -0.507 e. The molecule has 188 valence electrons. The predicted octanol–water partition coefficient (Wildman–Crippen LogP) is 7.06. The van der Waals surface area contributed by atoms with Crippen molar-refractivity contribution >= 4 is 55.7 Å². The van der Waals surface area contributed by atoms with Gasteiger partial charge in [0, 0.05) is 10.6 Å². The highest BCUT2D eigenvalue weighted by Gasteiger charge is 2.48. The summed E-state index contributed by atoms with van der Waals surface area (Å²) in [6.07, 6.45) is 1.91. The number of ether oxygens (including phenoxy) is 1. The SMILES string of the molecule is CCCCOc1cccc(C2/C(=C(\O)c3ccc(C)cc3)C(=O)C(=O)N2c2nc3ccc(Cl)cc3s2)c1. The largest absolute Gasteiger partial charge is 0.507 e. The van der Waals surface area contributed by atoms with Crippen LogP contribution in [0, 0.1) is 6.92 Å². The molecule has 0 aliphatic carbocycles. The first-order valence-electron chi connectivity index (χ1n) is 12.0. The third-order valence-corrected chi connectivity index (χ3v) is 7.51. The number of carbonyl (C=O) groups excluding carboxylic acids is 2. The average molecular weight is 533 g/mol. The van der Waals surface area contributed by atoms with Crippen molar-refractivity contribution < 1.29 is 19.4 Å². The summed E-state index contributed by atoms with van der Waals surface area (Å²) in [4.78, 5) is 32.9. The van der Waals surface area contributed by atoms with Crippen LogP contribution in [0.1, 0.15) is 42.5 Å². The van der Waals surface area contributed by atoms with Crippen LogP contribution in [0.2, 0.25) is 5.02 Å². The Morgan fingerprint density at radius 1 is 1.11 bits per heavy atom. The molecule has 0 spiro atoms. The number of ketones is 1.